The number of carbonyl (C=O) groups excluding carboxylic acids is 1. The summed E-state index contributed by atoms with van der Waals surface area (Å²) in [5.41, 5.74) is 7.91. The van der Waals surface area contributed by atoms with E-state index in [0.717, 1.165) is 24.2 Å². The van der Waals surface area contributed by atoms with Crippen LogP contribution in [0, 0.1) is 0 Å². The molecule has 0 aliphatic heterocycles. The van der Waals surface area contributed by atoms with Gasteiger partial charge in [0, 0.05) is 12.1 Å². The molecular weight excluding hydrogens is 288 g/mol. The minimum atomic E-state index is -0.143. The molecule has 0 unspecified atom stereocenters. The first-order chi connectivity index (χ1) is 11.3. The molecule has 1 aliphatic rings. The number of para-hydroxylation sites is 2. The van der Waals surface area contributed by atoms with Crippen LogP contribution in [0.5, 0.6) is 5.75 Å². The van der Waals surface area contributed by atoms with Gasteiger partial charge in [0.25, 0.3) is 5.91 Å². The van der Waals surface area contributed by atoms with Gasteiger partial charge in [0.05, 0.1) is 11.8 Å². The number of rotatable bonds is 5. The van der Waals surface area contributed by atoms with E-state index in [1.54, 1.807) is 12.1 Å². The van der Waals surface area contributed by atoms with Crippen LogP contribution in [0.3, 0.4) is 0 Å². The Morgan fingerprint density at radius 1 is 1.09 bits per heavy atom. The van der Waals surface area contributed by atoms with Crippen LogP contribution in [-0.4, -0.2) is 12.0 Å². The summed E-state index contributed by atoms with van der Waals surface area (Å²) in [6.07, 6.45) is 4.86. The molecule has 4 heteroatoms. The van der Waals surface area contributed by atoms with Crippen molar-refractivity contribution in [1.29, 1.82) is 0 Å². The number of carbonyl (C=O) groups is 1. The van der Waals surface area contributed by atoms with Crippen LogP contribution >= 0.6 is 0 Å². The fraction of sp³-hybridized carbons (Fsp3) is 0.316. The predicted octanol–water partition coefficient (Wildman–Crippen LogP) is 3.72. The molecule has 0 atom stereocenters. The van der Waals surface area contributed by atoms with Gasteiger partial charge in [-0.15, -0.1) is 0 Å². The lowest BCUT2D eigenvalue weighted by atomic mass is 10.1. The third kappa shape index (κ3) is 3.90. The van der Waals surface area contributed by atoms with E-state index in [1.807, 2.05) is 36.4 Å². The van der Waals surface area contributed by atoms with Crippen molar-refractivity contribution in [3.05, 3.63) is 59.7 Å². The van der Waals surface area contributed by atoms with Crippen molar-refractivity contribution in [3.63, 3.8) is 0 Å². The fourth-order valence-electron chi connectivity index (χ4n) is 2.85. The normalized spacial score (nSPS) is 14.7. The van der Waals surface area contributed by atoms with E-state index in [4.69, 9.17) is 10.5 Å². The highest BCUT2D eigenvalue weighted by Crippen LogP contribution is 2.30. The van der Waals surface area contributed by atoms with Gasteiger partial charge in [0.15, 0.2) is 0 Å². The Labute approximate surface area is 136 Å². The van der Waals surface area contributed by atoms with Crippen molar-refractivity contribution in [3.8, 4) is 5.75 Å². The molecule has 1 aliphatic carbocycles. The Morgan fingerprint density at radius 2 is 1.78 bits per heavy atom. The lowest BCUT2D eigenvalue weighted by molar-refractivity contribution is 0.102. The van der Waals surface area contributed by atoms with Crippen LogP contribution in [0.2, 0.25) is 0 Å². The first kappa shape index (κ1) is 15.6. The summed E-state index contributed by atoms with van der Waals surface area (Å²) in [7, 11) is 0. The maximum Gasteiger partial charge on any atom is 0.255 e. The molecular formula is C19H22N2O2. The number of nitrogens with one attached hydrogen (secondary N) is 1. The molecule has 0 saturated heterocycles. The van der Waals surface area contributed by atoms with Crippen LogP contribution in [0.25, 0.3) is 0 Å². The van der Waals surface area contributed by atoms with Gasteiger partial charge in [-0.05, 0) is 55.5 Å². The Balaban J connectivity index is 1.72. The maximum absolute atomic E-state index is 12.4. The second kappa shape index (κ2) is 7.29. The summed E-state index contributed by atoms with van der Waals surface area (Å²) in [4.78, 5) is 12.4. The molecule has 2 aromatic rings. The van der Waals surface area contributed by atoms with Crippen LogP contribution in [-0.2, 0) is 6.54 Å². The van der Waals surface area contributed by atoms with E-state index in [-0.39, 0.29) is 12.0 Å². The Hall–Kier alpha value is -2.33. The fourth-order valence-corrected chi connectivity index (χ4v) is 2.85. The zero-order valence-corrected chi connectivity index (χ0v) is 13.1. The van der Waals surface area contributed by atoms with Crippen molar-refractivity contribution in [1.82, 2.24) is 0 Å². The minimum absolute atomic E-state index is 0.143. The summed E-state index contributed by atoms with van der Waals surface area (Å²) >= 11 is 0. The van der Waals surface area contributed by atoms with Crippen molar-refractivity contribution in [2.24, 2.45) is 5.73 Å². The molecule has 23 heavy (non-hydrogen) atoms. The standard InChI is InChI=1S/C19H22N2O2/c20-13-14-9-11-15(12-10-14)19(22)21-17-7-3-4-8-18(17)23-16-5-1-2-6-16/h3-4,7-12,16H,1-2,5-6,13,20H2,(H,21,22). The van der Waals surface area contributed by atoms with Gasteiger partial charge in [-0.1, -0.05) is 24.3 Å². The van der Waals surface area contributed by atoms with Gasteiger partial charge in [-0.25, -0.2) is 0 Å². The largest absolute Gasteiger partial charge is 0.488 e. The van der Waals surface area contributed by atoms with Crippen LogP contribution in [0.15, 0.2) is 48.5 Å². The first-order valence-electron chi connectivity index (χ1n) is 8.12. The van der Waals surface area contributed by atoms with Crippen molar-refractivity contribution in [2.75, 3.05) is 5.32 Å². The second-order valence-corrected chi connectivity index (χ2v) is 5.88. The minimum Gasteiger partial charge on any atom is -0.488 e. The smallest absolute Gasteiger partial charge is 0.255 e. The third-order valence-electron chi connectivity index (χ3n) is 4.18. The molecule has 4 nitrogen and oxygen atoms in total. The average Bonchev–Trinajstić information content (AvgIpc) is 3.10. The molecule has 1 saturated carbocycles. The lowest BCUT2D eigenvalue weighted by Crippen LogP contribution is -2.16. The average molecular weight is 310 g/mol. The van der Waals surface area contributed by atoms with E-state index in [1.165, 1.54) is 12.8 Å². The summed E-state index contributed by atoms with van der Waals surface area (Å²) in [5.74, 6) is 0.599. The molecule has 120 valence electrons. The molecule has 2 aromatic carbocycles. The number of amides is 1. The number of hydrogen-bond donors (Lipinski definition) is 2. The van der Waals surface area contributed by atoms with Crippen LogP contribution < -0.4 is 15.8 Å². The number of benzene rings is 2. The third-order valence-corrected chi connectivity index (χ3v) is 4.18. The summed E-state index contributed by atoms with van der Waals surface area (Å²) in [5, 5.41) is 2.94. The molecule has 0 radical (unpaired) electrons. The topological polar surface area (TPSA) is 64.4 Å². The Bertz CT molecular complexity index is 661. The van der Waals surface area contributed by atoms with E-state index in [2.05, 4.69) is 5.32 Å². The molecule has 0 bridgehead atoms. The van der Waals surface area contributed by atoms with Crippen molar-refractivity contribution < 1.29 is 9.53 Å². The van der Waals surface area contributed by atoms with E-state index < -0.39 is 0 Å². The second-order valence-electron chi connectivity index (χ2n) is 5.88. The first-order valence-corrected chi connectivity index (χ1v) is 8.12. The Kier molecular flexibility index (Phi) is 4.93. The van der Waals surface area contributed by atoms with Crippen LogP contribution in [0.4, 0.5) is 5.69 Å². The number of nitrogens with two attached hydrogens (primary N) is 1. The number of ether oxygens (including phenoxy) is 1. The van der Waals surface area contributed by atoms with Crippen molar-refractivity contribution in [2.45, 2.75) is 38.3 Å². The highest BCUT2D eigenvalue weighted by molar-refractivity contribution is 6.05. The maximum atomic E-state index is 12.4. The molecule has 0 spiro atoms. The quantitative estimate of drug-likeness (QED) is 0.884. The summed E-state index contributed by atoms with van der Waals surface area (Å²) in [6, 6.07) is 14.9. The van der Waals surface area contributed by atoms with Gasteiger partial charge >= 0.3 is 0 Å². The van der Waals surface area contributed by atoms with E-state index in [0.29, 0.717) is 17.8 Å². The highest BCUT2D eigenvalue weighted by atomic mass is 16.5. The monoisotopic (exact) mass is 310 g/mol. The zero-order chi connectivity index (χ0) is 16.1. The molecule has 1 amide bonds. The molecule has 0 heterocycles. The highest BCUT2D eigenvalue weighted by Gasteiger charge is 2.18. The summed E-state index contributed by atoms with van der Waals surface area (Å²) in [6.45, 7) is 0.472. The number of hydrogen-bond acceptors (Lipinski definition) is 3. The SMILES string of the molecule is NCc1ccc(C(=O)Nc2ccccc2OC2CCCC2)cc1. The van der Waals surface area contributed by atoms with Gasteiger partial charge in [-0.3, -0.25) is 4.79 Å². The van der Waals surface area contributed by atoms with Gasteiger partial charge in [0.2, 0.25) is 0 Å². The van der Waals surface area contributed by atoms with Crippen molar-refractivity contribution >= 4 is 11.6 Å². The van der Waals surface area contributed by atoms with Gasteiger partial charge < -0.3 is 15.8 Å². The Morgan fingerprint density at radius 3 is 2.48 bits per heavy atom. The molecule has 1 fully saturated rings. The molecule has 0 aromatic heterocycles. The lowest BCUT2D eigenvalue weighted by Gasteiger charge is -2.17. The summed E-state index contributed by atoms with van der Waals surface area (Å²) < 4.78 is 6.05. The molecule has 3 rings (SSSR count). The number of anilines is 1. The zero-order valence-electron chi connectivity index (χ0n) is 13.1. The van der Waals surface area contributed by atoms with E-state index in [9.17, 15) is 4.79 Å². The predicted molar refractivity (Wildman–Crippen MR) is 91.6 cm³/mol. The van der Waals surface area contributed by atoms with Gasteiger partial charge in [-0.2, -0.15) is 0 Å². The molecule has 3 N–H and O–H groups in total. The van der Waals surface area contributed by atoms with Gasteiger partial charge in [0.1, 0.15) is 5.75 Å². The van der Waals surface area contributed by atoms with E-state index >= 15 is 0 Å². The van der Waals surface area contributed by atoms with Crippen LogP contribution in [0.1, 0.15) is 41.6 Å².